The van der Waals surface area contributed by atoms with Gasteiger partial charge in [0, 0.05) is 31.0 Å². The Morgan fingerprint density at radius 2 is 2.08 bits per heavy atom. The minimum Gasteiger partial charge on any atom is -0.451 e. The molecule has 2 heterocycles. The summed E-state index contributed by atoms with van der Waals surface area (Å²) in [6.07, 6.45) is 2.22. The van der Waals surface area contributed by atoms with Gasteiger partial charge in [0.1, 0.15) is 5.69 Å². The van der Waals surface area contributed by atoms with Crippen LogP contribution in [0.5, 0.6) is 0 Å². The van der Waals surface area contributed by atoms with Crippen molar-refractivity contribution in [1.29, 1.82) is 0 Å². The summed E-state index contributed by atoms with van der Waals surface area (Å²) in [4.78, 5) is 40.8. The zero-order valence-corrected chi connectivity index (χ0v) is 13.7. The highest BCUT2D eigenvalue weighted by Gasteiger charge is 2.22. The van der Waals surface area contributed by atoms with E-state index < -0.39 is 18.5 Å². The fourth-order valence-electron chi connectivity index (χ4n) is 2.69. The molecule has 0 bridgehead atoms. The van der Waals surface area contributed by atoms with Crippen LogP contribution in [0.2, 0.25) is 0 Å². The van der Waals surface area contributed by atoms with Crippen molar-refractivity contribution in [3.05, 3.63) is 53.9 Å². The van der Waals surface area contributed by atoms with Crippen molar-refractivity contribution in [2.45, 2.75) is 13.3 Å². The summed E-state index contributed by atoms with van der Waals surface area (Å²) >= 11 is 0. The van der Waals surface area contributed by atoms with Crippen LogP contribution in [0.4, 0.5) is 11.4 Å². The van der Waals surface area contributed by atoms with Gasteiger partial charge in [-0.3, -0.25) is 9.59 Å². The molecule has 7 nitrogen and oxygen atoms in total. The fourth-order valence-corrected chi connectivity index (χ4v) is 2.69. The Hall–Kier alpha value is -3.22. The van der Waals surface area contributed by atoms with Crippen molar-refractivity contribution < 1.29 is 19.1 Å². The van der Waals surface area contributed by atoms with E-state index in [0.717, 1.165) is 17.7 Å². The van der Waals surface area contributed by atoms with Gasteiger partial charge in [0.15, 0.2) is 6.61 Å². The summed E-state index contributed by atoms with van der Waals surface area (Å²) in [6, 6.07) is 10.2. The third-order valence-electron chi connectivity index (χ3n) is 3.85. The van der Waals surface area contributed by atoms with Gasteiger partial charge in [0.05, 0.1) is 0 Å². The molecule has 3 rings (SSSR count). The lowest BCUT2D eigenvalue weighted by molar-refractivity contribution is -0.119. The van der Waals surface area contributed by atoms with Crippen LogP contribution in [0.25, 0.3) is 0 Å². The molecule has 1 aliphatic heterocycles. The van der Waals surface area contributed by atoms with Crippen LogP contribution >= 0.6 is 0 Å². The molecule has 0 aliphatic carbocycles. The molecule has 0 saturated heterocycles. The lowest BCUT2D eigenvalue weighted by Crippen LogP contribution is -2.25. The Morgan fingerprint density at radius 3 is 2.80 bits per heavy atom. The molecule has 0 unspecified atom stereocenters. The van der Waals surface area contributed by atoms with E-state index in [9.17, 15) is 14.4 Å². The number of nitrogens with zero attached hydrogens (tertiary/aromatic N) is 2. The van der Waals surface area contributed by atoms with Gasteiger partial charge < -0.3 is 15.0 Å². The monoisotopic (exact) mass is 339 g/mol. The Bertz CT molecular complexity index is 820. The minimum atomic E-state index is -0.651. The van der Waals surface area contributed by atoms with E-state index in [4.69, 9.17) is 4.74 Å². The minimum absolute atomic E-state index is 0.00281. The number of aromatic nitrogens is 1. The summed E-state index contributed by atoms with van der Waals surface area (Å²) in [5.74, 6) is -1.09. The predicted octanol–water partition coefficient (Wildman–Crippen LogP) is 1.79. The molecule has 1 aromatic heterocycles. The first kappa shape index (κ1) is 16.6. The molecule has 2 aromatic rings. The van der Waals surface area contributed by atoms with Crippen LogP contribution in [-0.4, -0.2) is 35.9 Å². The van der Waals surface area contributed by atoms with E-state index in [1.54, 1.807) is 29.2 Å². The number of fused-ring (bicyclic) bond motifs is 1. The van der Waals surface area contributed by atoms with E-state index >= 15 is 0 Å². The molecular formula is C18H17N3O4. The fraction of sp³-hybridized carbons (Fsp3) is 0.222. The SMILES string of the molecule is CC(=O)N1CCc2cc(NC(=O)COC(=O)c3ccccn3)ccc21. The van der Waals surface area contributed by atoms with Gasteiger partial charge in [0.2, 0.25) is 5.91 Å². The van der Waals surface area contributed by atoms with Gasteiger partial charge in [0.25, 0.3) is 5.91 Å². The molecule has 25 heavy (non-hydrogen) atoms. The van der Waals surface area contributed by atoms with Crippen molar-refractivity contribution >= 4 is 29.2 Å². The Labute approximate surface area is 144 Å². The molecule has 0 saturated carbocycles. The van der Waals surface area contributed by atoms with Gasteiger partial charge in [-0.2, -0.15) is 0 Å². The molecule has 7 heteroatoms. The van der Waals surface area contributed by atoms with Crippen LogP contribution < -0.4 is 10.2 Å². The lowest BCUT2D eigenvalue weighted by Gasteiger charge is -2.15. The second-order valence-corrected chi connectivity index (χ2v) is 5.60. The van der Waals surface area contributed by atoms with Crippen LogP contribution in [0.1, 0.15) is 23.0 Å². The number of anilines is 2. The Kier molecular flexibility index (Phi) is 4.74. The van der Waals surface area contributed by atoms with Crippen LogP contribution in [0.3, 0.4) is 0 Å². The number of rotatable bonds is 4. The van der Waals surface area contributed by atoms with Crippen molar-refractivity contribution in [2.75, 3.05) is 23.4 Å². The largest absolute Gasteiger partial charge is 0.451 e. The van der Waals surface area contributed by atoms with E-state index in [2.05, 4.69) is 10.3 Å². The van der Waals surface area contributed by atoms with Gasteiger partial charge in [-0.05, 0) is 42.3 Å². The van der Waals surface area contributed by atoms with Gasteiger partial charge >= 0.3 is 5.97 Å². The van der Waals surface area contributed by atoms with E-state index in [1.807, 2.05) is 6.07 Å². The molecule has 0 atom stereocenters. The van der Waals surface area contributed by atoms with Gasteiger partial charge in [-0.25, -0.2) is 9.78 Å². The smallest absolute Gasteiger partial charge is 0.357 e. The second kappa shape index (κ2) is 7.12. The maximum Gasteiger partial charge on any atom is 0.357 e. The molecule has 0 spiro atoms. The summed E-state index contributed by atoms with van der Waals surface area (Å²) in [7, 11) is 0. The van der Waals surface area contributed by atoms with Crippen LogP contribution in [0, 0.1) is 0 Å². The van der Waals surface area contributed by atoms with Crippen molar-refractivity contribution in [2.24, 2.45) is 0 Å². The Balaban J connectivity index is 1.57. The molecule has 2 amide bonds. The number of hydrogen-bond donors (Lipinski definition) is 1. The van der Waals surface area contributed by atoms with Crippen molar-refractivity contribution in [3.63, 3.8) is 0 Å². The van der Waals surface area contributed by atoms with E-state index in [1.165, 1.54) is 19.2 Å². The summed E-state index contributed by atoms with van der Waals surface area (Å²) in [5, 5.41) is 2.68. The standard InChI is InChI=1S/C18H17N3O4/c1-12(22)21-9-7-13-10-14(5-6-16(13)21)20-17(23)11-25-18(24)15-4-2-3-8-19-15/h2-6,8,10H,7,9,11H2,1H3,(H,20,23). The summed E-state index contributed by atoms with van der Waals surface area (Å²) < 4.78 is 4.94. The summed E-state index contributed by atoms with van der Waals surface area (Å²) in [6.45, 7) is 1.77. The third-order valence-corrected chi connectivity index (χ3v) is 3.85. The molecule has 1 N–H and O–H groups in total. The zero-order valence-electron chi connectivity index (χ0n) is 13.7. The maximum absolute atomic E-state index is 11.9. The highest BCUT2D eigenvalue weighted by Crippen LogP contribution is 2.30. The quantitative estimate of drug-likeness (QED) is 0.858. The number of benzene rings is 1. The molecule has 128 valence electrons. The number of hydrogen-bond acceptors (Lipinski definition) is 5. The maximum atomic E-state index is 11.9. The molecular weight excluding hydrogens is 322 g/mol. The lowest BCUT2D eigenvalue weighted by atomic mass is 10.1. The number of carbonyl (C=O) groups is 3. The zero-order chi connectivity index (χ0) is 17.8. The number of amides is 2. The highest BCUT2D eigenvalue weighted by molar-refractivity contribution is 5.97. The topological polar surface area (TPSA) is 88.6 Å². The normalized spacial score (nSPS) is 12.4. The first-order valence-electron chi connectivity index (χ1n) is 7.83. The third kappa shape index (κ3) is 3.82. The van der Waals surface area contributed by atoms with Crippen LogP contribution in [-0.2, 0) is 20.7 Å². The van der Waals surface area contributed by atoms with Gasteiger partial charge in [-0.15, -0.1) is 0 Å². The molecule has 0 radical (unpaired) electrons. The van der Waals surface area contributed by atoms with E-state index in [0.29, 0.717) is 12.2 Å². The molecule has 1 aliphatic rings. The average molecular weight is 339 g/mol. The summed E-state index contributed by atoms with van der Waals surface area (Å²) in [5.41, 5.74) is 2.62. The number of ether oxygens (including phenoxy) is 1. The first-order valence-corrected chi connectivity index (χ1v) is 7.83. The highest BCUT2D eigenvalue weighted by atomic mass is 16.5. The average Bonchev–Trinajstić information content (AvgIpc) is 3.04. The second-order valence-electron chi connectivity index (χ2n) is 5.60. The molecule has 1 aromatic carbocycles. The predicted molar refractivity (Wildman–Crippen MR) is 91.3 cm³/mol. The number of carbonyl (C=O) groups excluding carboxylic acids is 3. The van der Waals surface area contributed by atoms with E-state index in [-0.39, 0.29) is 11.6 Å². The van der Waals surface area contributed by atoms with Crippen molar-refractivity contribution in [1.82, 2.24) is 4.98 Å². The number of pyridine rings is 1. The first-order chi connectivity index (χ1) is 12.0. The van der Waals surface area contributed by atoms with Crippen molar-refractivity contribution in [3.8, 4) is 0 Å². The number of esters is 1. The van der Waals surface area contributed by atoms with Gasteiger partial charge in [-0.1, -0.05) is 6.07 Å². The number of nitrogens with one attached hydrogen (secondary N) is 1. The molecule has 0 fully saturated rings. The Morgan fingerprint density at radius 1 is 1.24 bits per heavy atom. The van der Waals surface area contributed by atoms with Crippen LogP contribution in [0.15, 0.2) is 42.6 Å².